The molecule has 0 fully saturated rings. The van der Waals surface area contributed by atoms with Crippen LogP contribution in [0.4, 0.5) is 5.69 Å². The van der Waals surface area contributed by atoms with Gasteiger partial charge in [0.2, 0.25) is 0 Å². The van der Waals surface area contributed by atoms with E-state index in [-0.39, 0.29) is 0 Å². The molecule has 0 N–H and O–H groups in total. The van der Waals surface area contributed by atoms with Gasteiger partial charge in [-0.05, 0) is 17.7 Å². The van der Waals surface area contributed by atoms with Gasteiger partial charge in [-0.3, -0.25) is 0 Å². The van der Waals surface area contributed by atoms with Gasteiger partial charge in [-0.2, -0.15) is 12.6 Å². The fourth-order valence-corrected chi connectivity index (χ4v) is 1.15. The number of rotatable bonds is 2. The normalized spacial score (nSPS) is 8.54. The molecule has 0 aromatic heterocycles. The van der Waals surface area contributed by atoms with E-state index >= 15 is 0 Å². The molecule has 1 aromatic rings. The lowest BCUT2D eigenvalue weighted by molar-refractivity contribution is 1.35. The van der Waals surface area contributed by atoms with Crippen molar-refractivity contribution in [3.63, 3.8) is 0 Å². The largest absolute Gasteiger partial charge is 0.228 e. The average molecular weight is 187 g/mol. The first-order valence-corrected chi connectivity index (χ1v) is 4.37. The maximum atomic E-state index is 5.20. The minimum Gasteiger partial charge on any atom is -0.228 e. The Kier molecular flexibility index (Phi) is 3.31. The zero-order valence-corrected chi connectivity index (χ0v) is 7.96. The van der Waals surface area contributed by atoms with E-state index in [9.17, 15) is 0 Å². The second kappa shape index (κ2) is 4.50. The molecule has 0 aliphatic carbocycles. The van der Waals surface area contributed by atoms with Crippen molar-refractivity contribution < 1.29 is 0 Å². The molecule has 0 radical (unpaired) electrons. The highest BCUT2D eigenvalue weighted by atomic mass is 32.1. The smallest absolute Gasteiger partial charge is 0.0636 e. The Hall–Kier alpha value is -1.51. The molecule has 0 saturated heterocycles. The molecule has 1 nitrogen and oxygen atoms in total. The highest BCUT2D eigenvalue weighted by Crippen LogP contribution is 2.14. The summed E-state index contributed by atoms with van der Waals surface area (Å²) in [5.74, 6) is 0.715. The summed E-state index contributed by atoms with van der Waals surface area (Å²) in [5, 5.41) is 0. The van der Waals surface area contributed by atoms with E-state index in [0.29, 0.717) is 5.75 Å². The Labute approximate surface area is 84.2 Å². The molecule has 0 unspecified atom stereocenters. The Balaban J connectivity index is 2.94. The van der Waals surface area contributed by atoms with E-state index in [4.69, 9.17) is 12.8 Å². The van der Waals surface area contributed by atoms with Crippen LogP contribution in [0.2, 0.25) is 0 Å². The molecular weight excluding hydrogens is 178 g/mol. The Morgan fingerprint density at radius 1 is 1.15 bits per heavy atom. The second-order valence-electron chi connectivity index (χ2n) is 2.42. The van der Waals surface area contributed by atoms with Crippen molar-refractivity contribution in [2.75, 3.05) is 4.90 Å². The lowest BCUT2D eigenvalue weighted by Crippen LogP contribution is -2.06. The number of nitrogens with zero attached hydrogens (tertiary/aromatic N) is 1. The molecule has 64 valence electrons. The van der Waals surface area contributed by atoms with Gasteiger partial charge in [0.05, 0.1) is 5.69 Å². The van der Waals surface area contributed by atoms with Gasteiger partial charge in [-0.1, -0.05) is 25.0 Å². The number of hydrogen-bond acceptors (Lipinski definition) is 2. The minimum absolute atomic E-state index is 0.715. The van der Waals surface area contributed by atoms with Gasteiger partial charge >= 0.3 is 0 Å². The van der Waals surface area contributed by atoms with Crippen LogP contribution < -0.4 is 4.90 Å². The Bertz CT molecular complexity index is 339. The summed E-state index contributed by atoms with van der Waals surface area (Å²) in [5.41, 5.74) is 1.97. The van der Waals surface area contributed by atoms with Crippen LogP contribution in [0.5, 0.6) is 0 Å². The first-order chi connectivity index (χ1) is 6.31. The molecule has 0 aliphatic rings. The van der Waals surface area contributed by atoms with Crippen molar-refractivity contribution in [3.8, 4) is 24.9 Å². The lowest BCUT2D eigenvalue weighted by atomic mass is 10.2. The van der Waals surface area contributed by atoms with Gasteiger partial charge in [0.1, 0.15) is 0 Å². The topological polar surface area (TPSA) is 3.24 Å². The van der Waals surface area contributed by atoms with E-state index in [1.54, 1.807) is 0 Å². The van der Waals surface area contributed by atoms with E-state index in [1.165, 1.54) is 4.90 Å². The van der Waals surface area contributed by atoms with Crippen molar-refractivity contribution >= 4 is 18.3 Å². The molecular formula is C11H9NS. The second-order valence-corrected chi connectivity index (χ2v) is 2.73. The van der Waals surface area contributed by atoms with Crippen LogP contribution in [0.25, 0.3) is 0 Å². The van der Waals surface area contributed by atoms with E-state index in [0.717, 1.165) is 11.3 Å². The van der Waals surface area contributed by atoms with E-state index in [1.807, 2.05) is 24.3 Å². The van der Waals surface area contributed by atoms with E-state index in [2.05, 4.69) is 24.7 Å². The third-order valence-electron chi connectivity index (χ3n) is 1.64. The molecule has 0 bridgehead atoms. The summed E-state index contributed by atoms with van der Waals surface area (Å²) in [6.07, 6.45) is 10.4. The van der Waals surface area contributed by atoms with Crippen molar-refractivity contribution in [1.82, 2.24) is 0 Å². The molecule has 0 amide bonds. The van der Waals surface area contributed by atoms with Gasteiger partial charge < -0.3 is 0 Å². The van der Waals surface area contributed by atoms with Gasteiger partial charge in [0, 0.05) is 17.8 Å². The van der Waals surface area contributed by atoms with Crippen molar-refractivity contribution in [2.24, 2.45) is 0 Å². The predicted molar refractivity (Wildman–Crippen MR) is 59.3 cm³/mol. The van der Waals surface area contributed by atoms with Crippen LogP contribution in [-0.4, -0.2) is 0 Å². The number of terminal acetylenes is 2. The number of thiol groups is 1. The Morgan fingerprint density at radius 2 is 1.69 bits per heavy atom. The molecule has 0 saturated carbocycles. The predicted octanol–water partition coefficient (Wildman–Crippen LogP) is 2.10. The van der Waals surface area contributed by atoms with Crippen molar-refractivity contribution in [1.29, 1.82) is 0 Å². The summed E-state index contributed by atoms with van der Waals surface area (Å²) >= 11 is 4.15. The molecule has 0 heterocycles. The lowest BCUT2D eigenvalue weighted by Gasteiger charge is -2.08. The molecule has 13 heavy (non-hydrogen) atoms. The summed E-state index contributed by atoms with van der Waals surface area (Å²) in [6, 6.07) is 12.4. The van der Waals surface area contributed by atoms with Crippen molar-refractivity contribution in [3.05, 3.63) is 29.8 Å². The van der Waals surface area contributed by atoms with E-state index < -0.39 is 0 Å². The maximum absolute atomic E-state index is 5.20. The van der Waals surface area contributed by atoms with Crippen LogP contribution in [0.15, 0.2) is 24.3 Å². The number of benzene rings is 1. The van der Waals surface area contributed by atoms with Crippen LogP contribution in [0, 0.1) is 24.9 Å². The van der Waals surface area contributed by atoms with Gasteiger partial charge in [0.15, 0.2) is 0 Å². The fourth-order valence-electron chi connectivity index (χ4n) is 0.937. The third-order valence-corrected chi connectivity index (χ3v) is 2.00. The van der Waals surface area contributed by atoms with Crippen LogP contribution in [0.3, 0.4) is 0 Å². The maximum Gasteiger partial charge on any atom is 0.0636 e. The van der Waals surface area contributed by atoms with Crippen molar-refractivity contribution in [2.45, 2.75) is 5.75 Å². The van der Waals surface area contributed by atoms with Crippen LogP contribution in [-0.2, 0) is 5.75 Å². The molecule has 0 atom stereocenters. The van der Waals surface area contributed by atoms with Gasteiger partial charge in [-0.15, -0.1) is 0 Å². The van der Waals surface area contributed by atoms with Gasteiger partial charge in [-0.25, -0.2) is 4.90 Å². The molecule has 0 spiro atoms. The Morgan fingerprint density at radius 3 is 2.08 bits per heavy atom. The molecule has 2 heteroatoms. The zero-order chi connectivity index (χ0) is 9.68. The average Bonchev–Trinajstić information content (AvgIpc) is 2.21. The molecule has 0 aliphatic heterocycles. The number of anilines is 1. The third kappa shape index (κ3) is 2.21. The monoisotopic (exact) mass is 187 g/mol. The standard InChI is InChI=1S/C11H9NS/c1-3-12(4-2)11-7-5-10(9-13)6-8-11/h1-2,5-8,13H,9H2. The van der Waals surface area contributed by atoms with Crippen LogP contribution >= 0.6 is 12.6 Å². The van der Waals surface area contributed by atoms with Gasteiger partial charge in [0.25, 0.3) is 0 Å². The molecule has 1 rings (SSSR count). The summed E-state index contributed by atoms with van der Waals surface area (Å²) in [6.45, 7) is 0. The first-order valence-electron chi connectivity index (χ1n) is 3.74. The SMILES string of the molecule is C#CN(C#C)c1ccc(CS)cc1. The highest BCUT2D eigenvalue weighted by Gasteiger charge is 1.98. The first kappa shape index (κ1) is 9.58. The summed E-state index contributed by atoms with van der Waals surface area (Å²) in [7, 11) is 0. The quantitative estimate of drug-likeness (QED) is 0.421. The zero-order valence-electron chi connectivity index (χ0n) is 7.07. The fraction of sp³-hybridized carbons (Fsp3) is 0.0909. The van der Waals surface area contributed by atoms with Crippen LogP contribution in [0.1, 0.15) is 5.56 Å². The summed E-state index contributed by atoms with van der Waals surface area (Å²) < 4.78 is 0. The number of hydrogen-bond donors (Lipinski definition) is 1. The summed E-state index contributed by atoms with van der Waals surface area (Å²) in [4.78, 5) is 1.39. The minimum atomic E-state index is 0.715. The molecule has 1 aromatic carbocycles. The highest BCUT2D eigenvalue weighted by molar-refractivity contribution is 7.79.